The Morgan fingerprint density at radius 3 is 2.79 bits per heavy atom. The van der Waals surface area contributed by atoms with Crippen LogP contribution in [0.15, 0.2) is 23.1 Å². The standard InChI is InChI=1S/C9H12N2O2S/c10-6-1-2-7-8(11)3-4-14(12,13)9(7)5-6/h1-2,5,8H,3-4,10-11H2/t8-/m1/s1. The summed E-state index contributed by atoms with van der Waals surface area (Å²) in [6.07, 6.45) is 0.485. The van der Waals surface area contributed by atoms with E-state index in [1.54, 1.807) is 12.1 Å². The monoisotopic (exact) mass is 212 g/mol. The maximum atomic E-state index is 11.7. The molecule has 14 heavy (non-hydrogen) atoms. The van der Waals surface area contributed by atoms with Crippen molar-refractivity contribution in [1.82, 2.24) is 0 Å². The summed E-state index contributed by atoms with van der Waals surface area (Å²) in [6, 6.07) is 4.68. The third-order valence-electron chi connectivity index (χ3n) is 2.47. The van der Waals surface area contributed by atoms with Crippen molar-refractivity contribution in [1.29, 1.82) is 0 Å². The highest BCUT2D eigenvalue weighted by Crippen LogP contribution is 2.31. The smallest absolute Gasteiger partial charge is 0.178 e. The van der Waals surface area contributed by atoms with Gasteiger partial charge in [-0.05, 0) is 24.1 Å². The van der Waals surface area contributed by atoms with Crippen molar-refractivity contribution >= 4 is 15.5 Å². The zero-order valence-corrected chi connectivity index (χ0v) is 8.42. The van der Waals surface area contributed by atoms with Crippen molar-refractivity contribution in [2.24, 2.45) is 5.73 Å². The highest BCUT2D eigenvalue weighted by Gasteiger charge is 2.28. The second kappa shape index (κ2) is 2.96. The van der Waals surface area contributed by atoms with Crippen LogP contribution in [0.2, 0.25) is 0 Å². The molecule has 5 heteroatoms. The minimum absolute atomic E-state index is 0.116. The molecule has 0 bridgehead atoms. The first kappa shape index (κ1) is 9.48. The van der Waals surface area contributed by atoms with Gasteiger partial charge < -0.3 is 11.5 Å². The Morgan fingerprint density at radius 1 is 1.36 bits per heavy atom. The highest BCUT2D eigenvalue weighted by molar-refractivity contribution is 7.91. The summed E-state index contributed by atoms with van der Waals surface area (Å²) in [5, 5.41) is 0. The van der Waals surface area contributed by atoms with E-state index in [-0.39, 0.29) is 11.8 Å². The number of rotatable bonds is 0. The Bertz CT molecular complexity index is 468. The van der Waals surface area contributed by atoms with Crippen LogP contribution in [0.3, 0.4) is 0 Å². The number of benzene rings is 1. The lowest BCUT2D eigenvalue weighted by Gasteiger charge is -2.22. The van der Waals surface area contributed by atoms with Crippen molar-refractivity contribution in [2.75, 3.05) is 11.5 Å². The molecule has 1 aliphatic rings. The molecule has 0 saturated heterocycles. The van der Waals surface area contributed by atoms with Crippen LogP contribution in [0.5, 0.6) is 0 Å². The Hall–Kier alpha value is -1.07. The second-order valence-corrected chi connectivity index (χ2v) is 5.59. The number of hydrogen-bond acceptors (Lipinski definition) is 4. The first-order chi connectivity index (χ1) is 6.50. The molecule has 0 amide bonds. The van der Waals surface area contributed by atoms with Crippen LogP contribution in [-0.4, -0.2) is 14.2 Å². The highest BCUT2D eigenvalue weighted by atomic mass is 32.2. The topological polar surface area (TPSA) is 86.2 Å². The van der Waals surface area contributed by atoms with E-state index in [9.17, 15) is 8.42 Å². The van der Waals surface area contributed by atoms with Gasteiger partial charge >= 0.3 is 0 Å². The summed E-state index contributed by atoms with van der Waals surface area (Å²) in [5.74, 6) is 0.116. The summed E-state index contributed by atoms with van der Waals surface area (Å²) in [5.41, 5.74) is 12.5. The first-order valence-electron chi connectivity index (χ1n) is 4.38. The fourth-order valence-corrected chi connectivity index (χ4v) is 3.35. The van der Waals surface area contributed by atoms with E-state index in [2.05, 4.69) is 0 Å². The van der Waals surface area contributed by atoms with Crippen molar-refractivity contribution in [3.8, 4) is 0 Å². The number of sulfone groups is 1. The predicted octanol–water partition coefficient (Wildman–Crippen LogP) is 0.446. The van der Waals surface area contributed by atoms with Gasteiger partial charge in [0.05, 0.1) is 10.6 Å². The third-order valence-corrected chi connectivity index (χ3v) is 4.27. The van der Waals surface area contributed by atoms with Crippen molar-refractivity contribution in [2.45, 2.75) is 17.4 Å². The van der Waals surface area contributed by atoms with Crippen LogP contribution >= 0.6 is 0 Å². The van der Waals surface area contributed by atoms with Gasteiger partial charge in [0.25, 0.3) is 0 Å². The average molecular weight is 212 g/mol. The largest absolute Gasteiger partial charge is 0.399 e. The molecule has 4 nitrogen and oxygen atoms in total. The molecule has 1 aromatic rings. The minimum atomic E-state index is -3.16. The van der Waals surface area contributed by atoms with E-state index in [1.165, 1.54) is 6.07 Å². The van der Waals surface area contributed by atoms with Gasteiger partial charge in [-0.2, -0.15) is 0 Å². The van der Waals surface area contributed by atoms with Crippen molar-refractivity contribution in [3.05, 3.63) is 23.8 Å². The van der Waals surface area contributed by atoms with Crippen LogP contribution in [0.1, 0.15) is 18.0 Å². The number of fused-ring (bicyclic) bond motifs is 1. The molecular weight excluding hydrogens is 200 g/mol. The molecule has 1 aliphatic heterocycles. The van der Waals surface area contributed by atoms with Crippen LogP contribution < -0.4 is 11.5 Å². The molecule has 0 radical (unpaired) electrons. The van der Waals surface area contributed by atoms with Crippen LogP contribution in [0, 0.1) is 0 Å². The average Bonchev–Trinajstić information content (AvgIpc) is 2.12. The van der Waals surface area contributed by atoms with Crippen LogP contribution in [-0.2, 0) is 9.84 Å². The number of nitrogen functional groups attached to an aromatic ring is 1. The van der Waals surface area contributed by atoms with Gasteiger partial charge in [0.2, 0.25) is 0 Å². The van der Waals surface area contributed by atoms with E-state index >= 15 is 0 Å². The van der Waals surface area contributed by atoms with Gasteiger partial charge in [0.1, 0.15) is 0 Å². The molecule has 76 valence electrons. The normalized spacial score (nSPS) is 24.2. The SMILES string of the molecule is Nc1ccc2c(c1)S(=O)(=O)CC[C@H]2N. The molecule has 0 unspecified atom stereocenters. The third kappa shape index (κ3) is 1.38. The zero-order chi connectivity index (χ0) is 10.3. The molecule has 1 aromatic carbocycles. The Balaban J connectivity index is 2.70. The van der Waals surface area contributed by atoms with Crippen LogP contribution in [0.4, 0.5) is 5.69 Å². The maximum Gasteiger partial charge on any atom is 0.178 e. The second-order valence-electron chi connectivity index (χ2n) is 3.51. The summed E-state index contributed by atoms with van der Waals surface area (Å²) in [4.78, 5) is 0.302. The van der Waals surface area contributed by atoms with E-state index in [0.717, 1.165) is 0 Å². The lowest BCUT2D eigenvalue weighted by Crippen LogP contribution is -2.25. The fraction of sp³-hybridized carbons (Fsp3) is 0.333. The van der Waals surface area contributed by atoms with E-state index in [4.69, 9.17) is 11.5 Å². The Kier molecular flexibility index (Phi) is 2.01. The zero-order valence-electron chi connectivity index (χ0n) is 7.60. The van der Waals surface area contributed by atoms with Crippen LogP contribution in [0.25, 0.3) is 0 Å². The lowest BCUT2D eigenvalue weighted by atomic mass is 10.0. The van der Waals surface area contributed by atoms with Gasteiger partial charge in [0, 0.05) is 11.7 Å². The molecule has 0 spiro atoms. The van der Waals surface area contributed by atoms with Gasteiger partial charge in [-0.15, -0.1) is 0 Å². The van der Waals surface area contributed by atoms with Gasteiger partial charge in [-0.1, -0.05) is 6.07 Å². The number of hydrogen-bond donors (Lipinski definition) is 2. The summed E-state index contributed by atoms with van der Waals surface area (Å²) < 4.78 is 23.3. The van der Waals surface area contributed by atoms with Crippen molar-refractivity contribution < 1.29 is 8.42 Å². The molecule has 0 aromatic heterocycles. The first-order valence-corrected chi connectivity index (χ1v) is 6.04. The quantitative estimate of drug-likeness (QED) is 0.611. The number of nitrogens with two attached hydrogens (primary N) is 2. The Morgan fingerprint density at radius 2 is 2.07 bits per heavy atom. The fourth-order valence-electron chi connectivity index (χ4n) is 1.67. The molecule has 0 aliphatic carbocycles. The summed E-state index contributed by atoms with van der Waals surface area (Å²) in [6.45, 7) is 0. The maximum absolute atomic E-state index is 11.7. The molecule has 2 rings (SSSR count). The molecule has 1 heterocycles. The lowest BCUT2D eigenvalue weighted by molar-refractivity contribution is 0.569. The van der Waals surface area contributed by atoms with Crippen molar-refractivity contribution in [3.63, 3.8) is 0 Å². The van der Waals surface area contributed by atoms with Gasteiger partial charge in [-0.25, -0.2) is 8.42 Å². The molecule has 4 N–H and O–H groups in total. The summed E-state index contributed by atoms with van der Waals surface area (Å²) >= 11 is 0. The molecule has 0 fully saturated rings. The molecular formula is C9H12N2O2S. The molecule has 0 saturated carbocycles. The molecule has 1 atom stereocenters. The van der Waals surface area contributed by atoms with Gasteiger partial charge in [0.15, 0.2) is 9.84 Å². The Labute approximate surface area is 82.8 Å². The predicted molar refractivity (Wildman–Crippen MR) is 54.5 cm³/mol. The minimum Gasteiger partial charge on any atom is -0.399 e. The number of anilines is 1. The van der Waals surface area contributed by atoms with E-state index in [1.807, 2.05) is 0 Å². The van der Waals surface area contributed by atoms with E-state index < -0.39 is 9.84 Å². The van der Waals surface area contributed by atoms with Gasteiger partial charge in [-0.3, -0.25) is 0 Å². The van der Waals surface area contributed by atoms with E-state index in [0.29, 0.717) is 22.6 Å². The summed E-state index contributed by atoms with van der Waals surface area (Å²) in [7, 11) is -3.16.